The zero-order valence-corrected chi connectivity index (χ0v) is 19.1. The normalized spacial score (nSPS) is 11.0. The van der Waals surface area contributed by atoms with Crippen LogP contribution >= 0.6 is 0 Å². The van der Waals surface area contributed by atoms with Crippen molar-refractivity contribution in [1.82, 2.24) is 5.32 Å². The van der Waals surface area contributed by atoms with Crippen LogP contribution in [0, 0.1) is 5.82 Å². The number of hydrogen-bond acceptors (Lipinski definition) is 5. The van der Waals surface area contributed by atoms with E-state index in [9.17, 15) is 17.6 Å². The van der Waals surface area contributed by atoms with E-state index in [0.29, 0.717) is 23.5 Å². The van der Waals surface area contributed by atoms with Crippen LogP contribution in [0.1, 0.15) is 11.1 Å². The van der Waals surface area contributed by atoms with Gasteiger partial charge in [-0.1, -0.05) is 24.3 Å². The zero-order valence-electron chi connectivity index (χ0n) is 18.3. The number of carbonyl (C=O) groups excluding carboxylic acids is 1. The minimum atomic E-state index is -3.58. The van der Waals surface area contributed by atoms with Gasteiger partial charge in [-0.05, 0) is 59.7 Å². The van der Waals surface area contributed by atoms with E-state index < -0.39 is 10.0 Å². The summed E-state index contributed by atoms with van der Waals surface area (Å²) in [5.74, 6) is 0.487. The number of ether oxygens (including phenoxy) is 2. The van der Waals surface area contributed by atoms with Crippen molar-refractivity contribution in [2.24, 2.45) is 0 Å². The maximum absolute atomic E-state index is 13.1. The van der Waals surface area contributed by atoms with Crippen LogP contribution in [-0.2, 0) is 27.9 Å². The van der Waals surface area contributed by atoms with E-state index >= 15 is 0 Å². The first-order valence-electron chi connectivity index (χ1n) is 10.1. The Morgan fingerprint density at radius 1 is 0.909 bits per heavy atom. The molecule has 3 aromatic rings. The Kier molecular flexibility index (Phi) is 7.89. The summed E-state index contributed by atoms with van der Waals surface area (Å²) in [6.45, 7) is 0.242. The van der Waals surface area contributed by atoms with Crippen molar-refractivity contribution in [3.05, 3.63) is 89.7 Å². The maximum Gasteiger partial charge on any atom is 0.258 e. The fraction of sp³-hybridized carbons (Fsp3) is 0.208. The molecular formula is C24H25FN2O5S. The number of carbonyl (C=O) groups is 1. The highest BCUT2D eigenvalue weighted by Gasteiger charge is 2.18. The summed E-state index contributed by atoms with van der Waals surface area (Å²) in [5.41, 5.74) is 2.00. The molecule has 0 unspecified atom stereocenters. The highest BCUT2D eigenvalue weighted by molar-refractivity contribution is 7.92. The molecule has 0 aromatic heterocycles. The lowest BCUT2D eigenvalue weighted by molar-refractivity contribution is -0.123. The van der Waals surface area contributed by atoms with Gasteiger partial charge < -0.3 is 14.8 Å². The molecule has 3 aromatic carbocycles. The Balaban J connectivity index is 1.56. The number of halogens is 1. The van der Waals surface area contributed by atoms with Crippen LogP contribution in [0.5, 0.6) is 11.5 Å². The van der Waals surface area contributed by atoms with Gasteiger partial charge in [-0.2, -0.15) is 0 Å². The van der Waals surface area contributed by atoms with Crippen molar-refractivity contribution in [3.63, 3.8) is 0 Å². The molecular weight excluding hydrogens is 447 g/mol. The molecule has 0 aliphatic rings. The monoisotopic (exact) mass is 472 g/mol. The van der Waals surface area contributed by atoms with Crippen molar-refractivity contribution in [2.45, 2.75) is 13.1 Å². The van der Waals surface area contributed by atoms with Crippen LogP contribution in [0.2, 0.25) is 0 Å². The van der Waals surface area contributed by atoms with Gasteiger partial charge in [-0.15, -0.1) is 0 Å². The smallest absolute Gasteiger partial charge is 0.258 e. The predicted octanol–water partition coefficient (Wildman–Crippen LogP) is 3.50. The minimum Gasteiger partial charge on any atom is -0.497 e. The van der Waals surface area contributed by atoms with Gasteiger partial charge in [0.05, 0.1) is 25.6 Å². The lowest BCUT2D eigenvalue weighted by Gasteiger charge is -2.22. The summed E-state index contributed by atoms with van der Waals surface area (Å²) in [6.07, 6.45) is 1.11. The van der Waals surface area contributed by atoms with Gasteiger partial charge in [0.15, 0.2) is 6.61 Å². The summed E-state index contributed by atoms with van der Waals surface area (Å²) in [7, 11) is -1.99. The maximum atomic E-state index is 13.1. The number of anilines is 1. The fourth-order valence-electron chi connectivity index (χ4n) is 3.01. The first kappa shape index (κ1) is 24.1. The second-order valence-electron chi connectivity index (χ2n) is 7.30. The molecule has 0 aliphatic heterocycles. The molecule has 33 heavy (non-hydrogen) atoms. The third-order valence-corrected chi connectivity index (χ3v) is 5.92. The van der Waals surface area contributed by atoms with Gasteiger partial charge in [0.2, 0.25) is 10.0 Å². The van der Waals surface area contributed by atoms with Gasteiger partial charge in [0.25, 0.3) is 5.91 Å². The molecule has 0 atom stereocenters. The van der Waals surface area contributed by atoms with Crippen LogP contribution in [0.3, 0.4) is 0 Å². The molecule has 9 heteroatoms. The molecule has 0 saturated carbocycles. The summed E-state index contributed by atoms with van der Waals surface area (Å²) in [6, 6.07) is 19.4. The molecule has 1 amide bonds. The zero-order chi connectivity index (χ0) is 23.8. The summed E-state index contributed by atoms with van der Waals surface area (Å²) in [5, 5.41) is 2.77. The molecule has 0 fully saturated rings. The number of methoxy groups -OCH3 is 1. The fourth-order valence-corrected chi connectivity index (χ4v) is 3.90. The molecule has 3 rings (SSSR count). The van der Waals surface area contributed by atoms with Gasteiger partial charge in [0.1, 0.15) is 17.3 Å². The summed E-state index contributed by atoms with van der Waals surface area (Å²) in [4.78, 5) is 12.1. The van der Waals surface area contributed by atoms with Crippen LogP contribution in [0.4, 0.5) is 10.1 Å². The topological polar surface area (TPSA) is 84.9 Å². The van der Waals surface area contributed by atoms with E-state index in [0.717, 1.165) is 17.6 Å². The van der Waals surface area contributed by atoms with Crippen molar-refractivity contribution < 1.29 is 27.1 Å². The Hall–Kier alpha value is -3.59. The SMILES string of the molecule is COc1ccc(CNC(=O)COc2ccc(N(Cc3ccc(F)cc3)S(C)(=O)=O)cc2)cc1. The van der Waals surface area contributed by atoms with Crippen LogP contribution in [0.25, 0.3) is 0 Å². The number of nitrogens with zero attached hydrogens (tertiary/aromatic N) is 1. The van der Waals surface area contributed by atoms with Crippen LogP contribution < -0.4 is 19.1 Å². The number of rotatable bonds is 10. The molecule has 1 N–H and O–H groups in total. The minimum absolute atomic E-state index is 0.0626. The Morgan fingerprint density at radius 2 is 1.48 bits per heavy atom. The van der Waals surface area contributed by atoms with Crippen LogP contribution in [0.15, 0.2) is 72.8 Å². The van der Waals surface area contributed by atoms with E-state index in [1.54, 1.807) is 31.4 Å². The van der Waals surface area contributed by atoms with E-state index in [1.807, 2.05) is 24.3 Å². The van der Waals surface area contributed by atoms with E-state index in [1.165, 1.54) is 28.6 Å². The molecule has 0 bridgehead atoms. The lowest BCUT2D eigenvalue weighted by atomic mass is 10.2. The second kappa shape index (κ2) is 10.8. The Bertz CT molecular complexity index is 1160. The van der Waals surface area contributed by atoms with Crippen molar-refractivity contribution in [2.75, 3.05) is 24.3 Å². The van der Waals surface area contributed by atoms with E-state index in [2.05, 4.69) is 5.32 Å². The first-order chi connectivity index (χ1) is 15.7. The largest absolute Gasteiger partial charge is 0.497 e. The van der Waals surface area contributed by atoms with Gasteiger partial charge in [-0.3, -0.25) is 9.10 Å². The first-order valence-corrected chi connectivity index (χ1v) is 11.9. The van der Waals surface area contributed by atoms with Gasteiger partial charge >= 0.3 is 0 Å². The van der Waals surface area contributed by atoms with Crippen molar-refractivity contribution in [3.8, 4) is 11.5 Å². The third kappa shape index (κ3) is 7.21. The standard InChI is InChI=1S/C24H25FN2O5S/c1-31-22-11-5-18(6-12-22)15-26-24(28)17-32-23-13-9-21(10-14-23)27(33(2,29)30)16-19-3-7-20(25)8-4-19/h3-14H,15-17H2,1-2H3,(H,26,28). The number of nitrogens with one attached hydrogen (secondary N) is 1. The quantitative estimate of drug-likeness (QED) is 0.488. The predicted molar refractivity (Wildman–Crippen MR) is 124 cm³/mol. The van der Waals surface area contributed by atoms with E-state index in [4.69, 9.17) is 9.47 Å². The van der Waals surface area contributed by atoms with Gasteiger partial charge in [-0.25, -0.2) is 12.8 Å². The average Bonchev–Trinajstić information content (AvgIpc) is 2.81. The number of amides is 1. The number of sulfonamides is 1. The van der Waals surface area contributed by atoms with Crippen LogP contribution in [-0.4, -0.2) is 34.3 Å². The molecule has 0 spiro atoms. The summed E-state index contributed by atoms with van der Waals surface area (Å²) < 4.78 is 49.5. The van der Waals surface area contributed by atoms with Gasteiger partial charge in [0, 0.05) is 6.54 Å². The third-order valence-electron chi connectivity index (χ3n) is 4.78. The molecule has 174 valence electrons. The molecule has 7 nitrogen and oxygen atoms in total. The Morgan fingerprint density at radius 3 is 2.06 bits per heavy atom. The second-order valence-corrected chi connectivity index (χ2v) is 9.21. The Labute approximate surface area is 192 Å². The van der Waals surface area contributed by atoms with Crippen molar-refractivity contribution in [1.29, 1.82) is 0 Å². The molecule has 0 heterocycles. The molecule has 0 radical (unpaired) electrons. The summed E-state index contributed by atoms with van der Waals surface area (Å²) >= 11 is 0. The number of hydrogen-bond donors (Lipinski definition) is 1. The highest BCUT2D eigenvalue weighted by atomic mass is 32.2. The lowest BCUT2D eigenvalue weighted by Crippen LogP contribution is -2.29. The molecule has 0 saturated heterocycles. The van der Waals surface area contributed by atoms with Crippen molar-refractivity contribution >= 4 is 21.6 Å². The average molecular weight is 473 g/mol. The van der Waals surface area contributed by atoms with E-state index in [-0.39, 0.29) is 24.9 Å². The highest BCUT2D eigenvalue weighted by Crippen LogP contribution is 2.24. The molecule has 0 aliphatic carbocycles. The number of benzene rings is 3.